The van der Waals surface area contributed by atoms with Gasteiger partial charge in [-0.05, 0) is 44.1 Å². The molecule has 3 heteroatoms. The van der Waals surface area contributed by atoms with Crippen LogP contribution in [0.1, 0.15) is 32.6 Å². The number of ether oxygens (including phenoxy) is 1. The second-order valence-electron chi connectivity index (χ2n) is 3.80. The van der Waals surface area contributed by atoms with Crippen LogP contribution in [0.3, 0.4) is 0 Å². The van der Waals surface area contributed by atoms with Crippen molar-refractivity contribution in [1.82, 2.24) is 0 Å². The Morgan fingerprint density at radius 2 is 2.38 bits per heavy atom. The van der Waals surface area contributed by atoms with Crippen molar-refractivity contribution in [3.8, 4) is 0 Å². The minimum atomic E-state index is 0.357. The van der Waals surface area contributed by atoms with Crippen molar-refractivity contribution in [3.05, 3.63) is 0 Å². The van der Waals surface area contributed by atoms with Gasteiger partial charge in [0.25, 0.3) is 0 Å². The van der Waals surface area contributed by atoms with Gasteiger partial charge >= 0.3 is 0 Å². The summed E-state index contributed by atoms with van der Waals surface area (Å²) in [5.41, 5.74) is 5.66. The molecule has 1 fully saturated rings. The van der Waals surface area contributed by atoms with E-state index in [1.54, 1.807) is 0 Å². The minimum absolute atomic E-state index is 0.357. The van der Waals surface area contributed by atoms with Gasteiger partial charge in [0, 0.05) is 12.6 Å². The van der Waals surface area contributed by atoms with Crippen LogP contribution in [-0.2, 0) is 4.74 Å². The molecule has 13 heavy (non-hydrogen) atoms. The molecular weight excluding hydrogens is 182 g/mol. The molecule has 0 spiro atoms. The van der Waals surface area contributed by atoms with Crippen LogP contribution in [0.15, 0.2) is 0 Å². The maximum Gasteiger partial charge on any atom is 0.0583 e. The third-order valence-corrected chi connectivity index (χ3v) is 3.37. The zero-order valence-electron chi connectivity index (χ0n) is 8.50. The van der Waals surface area contributed by atoms with Crippen LogP contribution < -0.4 is 5.73 Å². The van der Waals surface area contributed by atoms with E-state index < -0.39 is 0 Å². The predicted octanol–water partition coefficient (Wildman–Crippen LogP) is 2.03. The van der Waals surface area contributed by atoms with E-state index in [9.17, 15) is 0 Å². The van der Waals surface area contributed by atoms with Crippen molar-refractivity contribution in [1.29, 1.82) is 0 Å². The standard InChI is InChI=1S/C10H21NOS/c1-9(11)4-7-13-8-5-10-3-2-6-12-10/h9-10H,2-8,11H2,1H3. The molecule has 78 valence electrons. The van der Waals surface area contributed by atoms with Crippen LogP contribution in [0.2, 0.25) is 0 Å². The molecule has 0 radical (unpaired) electrons. The fourth-order valence-electron chi connectivity index (χ4n) is 1.46. The Hall–Kier alpha value is 0.270. The van der Waals surface area contributed by atoms with Gasteiger partial charge in [-0.1, -0.05) is 0 Å². The summed E-state index contributed by atoms with van der Waals surface area (Å²) < 4.78 is 5.54. The second-order valence-corrected chi connectivity index (χ2v) is 5.03. The van der Waals surface area contributed by atoms with Gasteiger partial charge in [0.15, 0.2) is 0 Å². The van der Waals surface area contributed by atoms with Gasteiger partial charge in [-0.3, -0.25) is 0 Å². The summed E-state index contributed by atoms with van der Waals surface area (Å²) in [4.78, 5) is 0. The highest BCUT2D eigenvalue weighted by atomic mass is 32.2. The van der Waals surface area contributed by atoms with Crippen molar-refractivity contribution in [2.75, 3.05) is 18.1 Å². The van der Waals surface area contributed by atoms with E-state index in [1.807, 2.05) is 11.8 Å². The van der Waals surface area contributed by atoms with Gasteiger partial charge in [0.1, 0.15) is 0 Å². The van der Waals surface area contributed by atoms with Crippen molar-refractivity contribution in [2.24, 2.45) is 5.73 Å². The number of nitrogens with two attached hydrogens (primary N) is 1. The number of hydrogen-bond donors (Lipinski definition) is 1. The normalized spacial score (nSPS) is 24.9. The summed E-state index contributed by atoms with van der Waals surface area (Å²) in [6.07, 6.45) is 5.45. The van der Waals surface area contributed by atoms with E-state index in [2.05, 4.69) is 6.92 Å². The molecule has 0 aromatic rings. The zero-order chi connectivity index (χ0) is 9.52. The summed E-state index contributed by atoms with van der Waals surface area (Å²) in [6.45, 7) is 3.05. The average Bonchev–Trinajstić information content (AvgIpc) is 2.55. The lowest BCUT2D eigenvalue weighted by Crippen LogP contribution is -2.15. The highest BCUT2D eigenvalue weighted by molar-refractivity contribution is 7.99. The molecule has 1 heterocycles. The van der Waals surface area contributed by atoms with Crippen LogP contribution in [0, 0.1) is 0 Å². The van der Waals surface area contributed by atoms with Gasteiger partial charge in [-0.25, -0.2) is 0 Å². The molecule has 2 atom stereocenters. The van der Waals surface area contributed by atoms with Crippen LogP contribution in [0.5, 0.6) is 0 Å². The largest absolute Gasteiger partial charge is 0.378 e. The van der Waals surface area contributed by atoms with Crippen molar-refractivity contribution >= 4 is 11.8 Å². The Balaban J connectivity index is 1.83. The lowest BCUT2D eigenvalue weighted by molar-refractivity contribution is 0.109. The van der Waals surface area contributed by atoms with E-state index in [0.29, 0.717) is 12.1 Å². The fraction of sp³-hybridized carbons (Fsp3) is 1.00. The van der Waals surface area contributed by atoms with Gasteiger partial charge in [-0.2, -0.15) is 11.8 Å². The Morgan fingerprint density at radius 1 is 1.54 bits per heavy atom. The Morgan fingerprint density at radius 3 is 3.00 bits per heavy atom. The first-order valence-corrected chi connectivity index (χ1v) is 6.39. The molecule has 0 aromatic carbocycles. The van der Waals surface area contributed by atoms with Crippen LogP contribution in [-0.4, -0.2) is 30.3 Å². The van der Waals surface area contributed by atoms with Gasteiger partial charge in [-0.15, -0.1) is 0 Å². The number of hydrogen-bond acceptors (Lipinski definition) is 3. The summed E-state index contributed by atoms with van der Waals surface area (Å²) in [5, 5.41) is 0. The highest BCUT2D eigenvalue weighted by Crippen LogP contribution is 2.18. The van der Waals surface area contributed by atoms with Crippen molar-refractivity contribution in [3.63, 3.8) is 0 Å². The maximum atomic E-state index is 5.66. The Labute approximate surface area is 85.6 Å². The van der Waals surface area contributed by atoms with Crippen LogP contribution >= 0.6 is 11.8 Å². The molecule has 1 aliphatic heterocycles. The van der Waals surface area contributed by atoms with E-state index in [4.69, 9.17) is 10.5 Å². The number of rotatable bonds is 6. The maximum absolute atomic E-state index is 5.66. The Kier molecular flexibility index (Phi) is 5.83. The fourth-order valence-corrected chi connectivity index (χ4v) is 2.63. The monoisotopic (exact) mass is 203 g/mol. The number of thioether (sulfide) groups is 1. The topological polar surface area (TPSA) is 35.2 Å². The quantitative estimate of drug-likeness (QED) is 0.671. The van der Waals surface area contributed by atoms with E-state index in [1.165, 1.54) is 30.8 Å². The van der Waals surface area contributed by atoms with E-state index in [-0.39, 0.29) is 0 Å². The van der Waals surface area contributed by atoms with Gasteiger partial charge < -0.3 is 10.5 Å². The molecule has 2 unspecified atom stereocenters. The summed E-state index contributed by atoms with van der Waals surface area (Å²) in [6, 6.07) is 0.357. The molecule has 2 N–H and O–H groups in total. The second kappa shape index (κ2) is 6.68. The van der Waals surface area contributed by atoms with Gasteiger partial charge in [0.05, 0.1) is 6.10 Å². The molecule has 0 amide bonds. The molecule has 0 saturated carbocycles. The molecule has 0 bridgehead atoms. The SMILES string of the molecule is CC(N)CCSCCC1CCCO1. The molecule has 0 aliphatic carbocycles. The van der Waals surface area contributed by atoms with Crippen molar-refractivity contribution in [2.45, 2.75) is 44.8 Å². The minimum Gasteiger partial charge on any atom is -0.378 e. The zero-order valence-corrected chi connectivity index (χ0v) is 9.31. The highest BCUT2D eigenvalue weighted by Gasteiger charge is 2.14. The predicted molar refractivity (Wildman–Crippen MR) is 59.2 cm³/mol. The molecule has 2 nitrogen and oxygen atoms in total. The first-order chi connectivity index (χ1) is 6.29. The smallest absolute Gasteiger partial charge is 0.0583 e. The molecule has 1 saturated heterocycles. The molecule has 1 aliphatic rings. The molecular formula is C10H21NOS. The molecule has 1 rings (SSSR count). The lowest BCUT2D eigenvalue weighted by Gasteiger charge is -2.08. The third kappa shape index (κ3) is 5.55. The first kappa shape index (κ1) is 11.3. The summed E-state index contributed by atoms with van der Waals surface area (Å²) >= 11 is 2.01. The third-order valence-electron chi connectivity index (χ3n) is 2.33. The van der Waals surface area contributed by atoms with E-state index >= 15 is 0 Å². The lowest BCUT2D eigenvalue weighted by atomic mass is 10.2. The van der Waals surface area contributed by atoms with Gasteiger partial charge in [0.2, 0.25) is 0 Å². The molecule has 0 aromatic heterocycles. The van der Waals surface area contributed by atoms with E-state index in [0.717, 1.165) is 13.0 Å². The summed E-state index contributed by atoms with van der Waals surface area (Å²) in [5.74, 6) is 2.43. The van der Waals surface area contributed by atoms with Crippen LogP contribution in [0.25, 0.3) is 0 Å². The summed E-state index contributed by atoms with van der Waals surface area (Å²) in [7, 11) is 0. The average molecular weight is 203 g/mol. The Bertz CT molecular complexity index is 124. The first-order valence-electron chi connectivity index (χ1n) is 5.24. The van der Waals surface area contributed by atoms with Crippen LogP contribution in [0.4, 0.5) is 0 Å². The van der Waals surface area contributed by atoms with Crippen molar-refractivity contribution < 1.29 is 4.74 Å².